The molecule has 1 unspecified atom stereocenters. The van der Waals surface area contributed by atoms with Crippen LogP contribution >= 0.6 is 0 Å². The average molecular weight is 200 g/mol. The zero-order valence-electron chi connectivity index (χ0n) is 8.75. The molecule has 4 heteroatoms. The van der Waals surface area contributed by atoms with Crippen molar-refractivity contribution in [1.82, 2.24) is 10.6 Å². The Balaban J connectivity index is 1.89. The molecule has 0 aromatic carbocycles. The van der Waals surface area contributed by atoms with Crippen LogP contribution in [-0.2, 0) is 0 Å². The number of hydrogen-bond donors (Lipinski definition) is 3. The summed E-state index contributed by atoms with van der Waals surface area (Å²) in [5.41, 5.74) is 0. The van der Waals surface area contributed by atoms with E-state index in [0.29, 0.717) is 18.5 Å². The lowest BCUT2D eigenvalue weighted by molar-refractivity contribution is 0.226. The summed E-state index contributed by atoms with van der Waals surface area (Å²) < 4.78 is 0. The quantitative estimate of drug-likeness (QED) is 0.557. The minimum Gasteiger partial charge on any atom is -0.396 e. The molecule has 0 aromatic heterocycles. The van der Waals surface area contributed by atoms with Crippen LogP contribution in [0.4, 0.5) is 4.79 Å². The molecule has 0 bridgehead atoms. The van der Waals surface area contributed by atoms with Gasteiger partial charge in [0.25, 0.3) is 0 Å². The van der Waals surface area contributed by atoms with Gasteiger partial charge in [-0.3, -0.25) is 0 Å². The van der Waals surface area contributed by atoms with Crippen molar-refractivity contribution in [1.29, 1.82) is 0 Å². The van der Waals surface area contributed by atoms with E-state index >= 15 is 0 Å². The summed E-state index contributed by atoms with van der Waals surface area (Å²) in [6.07, 6.45) is 4.13. The smallest absolute Gasteiger partial charge is 0.315 e. The topological polar surface area (TPSA) is 61.4 Å². The molecule has 4 nitrogen and oxygen atoms in total. The van der Waals surface area contributed by atoms with Crippen LogP contribution in [0.5, 0.6) is 0 Å². The van der Waals surface area contributed by atoms with Crippen molar-refractivity contribution < 1.29 is 9.90 Å². The molecule has 0 saturated heterocycles. The minimum atomic E-state index is -0.0517. The van der Waals surface area contributed by atoms with Gasteiger partial charge in [0.05, 0.1) is 0 Å². The maximum atomic E-state index is 11.1. The molecule has 1 aliphatic carbocycles. The molecular weight excluding hydrogens is 180 g/mol. The number of urea groups is 1. The van der Waals surface area contributed by atoms with Gasteiger partial charge < -0.3 is 15.7 Å². The standard InChI is InChI=1S/C10H20N2O2/c1-8(7-13)3-2-6-11-10(14)12-9-4-5-9/h8-9,13H,2-7H2,1H3,(H2,11,12,14). The van der Waals surface area contributed by atoms with Gasteiger partial charge in [0.2, 0.25) is 0 Å². The highest BCUT2D eigenvalue weighted by molar-refractivity contribution is 5.74. The number of hydrogen-bond acceptors (Lipinski definition) is 2. The Morgan fingerprint density at radius 3 is 2.86 bits per heavy atom. The fraction of sp³-hybridized carbons (Fsp3) is 0.900. The van der Waals surface area contributed by atoms with E-state index in [4.69, 9.17) is 5.11 Å². The molecule has 82 valence electrons. The largest absolute Gasteiger partial charge is 0.396 e. The highest BCUT2D eigenvalue weighted by atomic mass is 16.3. The summed E-state index contributed by atoms with van der Waals surface area (Å²) in [7, 11) is 0. The second kappa shape index (κ2) is 5.86. The average Bonchev–Trinajstić information content (AvgIpc) is 2.95. The summed E-state index contributed by atoms with van der Waals surface area (Å²) in [6, 6.07) is 0.371. The predicted octanol–water partition coefficient (Wildman–Crippen LogP) is 0.857. The molecule has 1 saturated carbocycles. The Bertz CT molecular complexity index is 181. The van der Waals surface area contributed by atoms with Gasteiger partial charge in [-0.1, -0.05) is 6.92 Å². The molecule has 1 rings (SSSR count). The van der Waals surface area contributed by atoms with E-state index in [-0.39, 0.29) is 12.6 Å². The van der Waals surface area contributed by atoms with Gasteiger partial charge in [0.15, 0.2) is 0 Å². The molecule has 0 radical (unpaired) electrons. The van der Waals surface area contributed by atoms with Crippen molar-refractivity contribution in [3.63, 3.8) is 0 Å². The van der Waals surface area contributed by atoms with Gasteiger partial charge in [0, 0.05) is 19.2 Å². The van der Waals surface area contributed by atoms with Crippen LogP contribution in [0.15, 0.2) is 0 Å². The Morgan fingerprint density at radius 1 is 1.57 bits per heavy atom. The lowest BCUT2D eigenvalue weighted by Crippen LogP contribution is -2.37. The minimum absolute atomic E-state index is 0.0517. The van der Waals surface area contributed by atoms with Gasteiger partial charge in [-0.05, 0) is 31.6 Å². The lowest BCUT2D eigenvalue weighted by Gasteiger charge is -2.08. The van der Waals surface area contributed by atoms with Gasteiger partial charge in [0.1, 0.15) is 0 Å². The molecule has 14 heavy (non-hydrogen) atoms. The Kier molecular flexibility index (Phi) is 4.73. The highest BCUT2D eigenvalue weighted by Gasteiger charge is 2.22. The third-order valence-electron chi connectivity index (χ3n) is 2.38. The summed E-state index contributed by atoms with van der Waals surface area (Å²) >= 11 is 0. The van der Waals surface area contributed by atoms with E-state index in [2.05, 4.69) is 10.6 Å². The van der Waals surface area contributed by atoms with E-state index in [1.54, 1.807) is 0 Å². The second-order valence-corrected chi connectivity index (χ2v) is 4.10. The third-order valence-corrected chi connectivity index (χ3v) is 2.38. The van der Waals surface area contributed by atoms with E-state index in [9.17, 15) is 4.79 Å². The van der Waals surface area contributed by atoms with E-state index in [1.165, 1.54) is 0 Å². The van der Waals surface area contributed by atoms with Gasteiger partial charge in [-0.25, -0.2) is 4.79 Å². The van der Waals surface area contributed by atoms with Crippen molar-refractivity contribution in [3.8, 4) is 0 Å². The number of aliphatic hydroxyl groups is 1. The Morgan fingerprint density at radius 2 is 2.29 bits per heavy atom. The zero-order valence-corrected chi connectivity index (χ0v) is 8.75. The number of aliphatic hydroxyl groups excluding tert-OH is 1. The van der Waals surface area contributed by atoms with Gasteiger partial charge in [-0.15, -0.1) is 0 Å². The molecule has 2 amide bonds. The summed E-state index contributed by atoms with van der Waals surface area (Å²) in [4.78, 5) is 11.1. The van der Waals surface area contributed by atoms with Crippen molar-refractivity contribution in [2.24, 2.45) is 5.92 Å². The van der Waals surface area contributed by atoms with Crippen molar-refractivity contribution >= 4 is 6.03 Å². The number of nitrogens with one attached hydrogen (secondary N) is 2. The Hall–Kier alpha value is -0.770. The van der Waals surface area contributed by atoms with Crippen LogP contribution in [0, 0.1) is 5.92 Å². The second-order valence-electron chi connectivity index (χ2n) is 4.10. The number of carbonyl (C=O) groups is 1. The fourth-order valence-corrected chi connectivity index (χ4v) is 1.21. The molecule has 0 spiro atoms. The molecule has 3 N–H and O–H groups in total. The van der Waals surface area contributed by atoms with Crippen molar-refractivity contribution in [2.45, 2.75) is 38.6 Å². The Labute approximate surface area is 85.1 Å². The van der Waals surface area contributed by atoms with Gasteiger partial charge in [-0.2, -0.15) is 0 Å². The summed E-state index contributed by atoms with van der Waals surface area (Å²) in [5, 5.41) is 14.4. The van der Waals surface area contributed by atoms with Gasteiger partial charge >= 0.3 is 6.03 Å². The van der Waals surface area contributed by atoms with Crippen molar-refractivity contribution in [3.05, 3.63) is 0 Å². The van der Waals surface area contributed by atoms with Crippen LogP contribution in [-0.4, -0.2) is 30.3 Å². The maximum Gasteiger partial charge on any atom is 0.315 e. The molecule has 0 aromatic rings. The van der Waals surface area contributed by atoms with Crippen LogP contribution in [0.2, 0.25) is 0 Å². The van der Waals surface area contributed by atoms with Crippen molar-refractivity contribution in [2.75, 3.05) is 13.2 Å². The molecule has 0 aliphatic heterocycles. The SMILES string of the molecule is CC(CO)CCCNC(=O)NC1CC1. The first-order chi connectivity index (χ1) is 6.72. The van der Waals surface area contributed by atoms with E-state index in [1.807, 2.05) is 6.92 Å². The van der Waals surface area contributed by atoms with Crippen LogP contribution in [0.25, 0.3) is 0 Å². The third kappa shape index (κ3) is 5.07. The van der Waals surface area contributed by atoms with Crippen LogP contribution < -0.4 is 10.6 Å². The fourth-order valence-electron chi connectivity index (χ4n) is 1.21. The molecule has 1 fully saturated rings. The molecule has 1 atom stereocenters. The highest BCUT2D eigenvalue weighted by Crippen LogP contribution is 2.18. The summed E-state index contributed by atoms with van der Waals surface area (Å²) in [5.74, 6) is 0.336. The first-order valence-electron chi connectivity index (χ1n) is 5.37. The van der Waals surface area contributed by atoms with E-state index < -0.39 is 0 Å². The predicted molar refractivity (Wildman–Crippen MR) is 55.0 cm³/mol. The molecular formula is C10H20N2O2. The van der Waals surface area contributed by atoms with Crippen LogP contribution in [0.3, 0.4) is 0 Å². The monoisotopic (exact) mass is 200 g/mol. The number of rotatable bonds is 6. The molecule has 0 heterocycles. The first kappa shape index (κ1) is 11.3. The normalized spacial score (nSPS) is 17.6. The first-order valence-corrected chi connectivity index (χ1v) is 5.37. The summed E-state index contributed by atoms with van der Waals surface area (Å²) in [6.45, 7) is 2.93. The number of carbonyl (C=O) groups excluding carboxylic acids is 1. The number of amides is 2. The lowest BCUT2D eigenvalue weighted by atomic mass is 10.1. The van der Waals surface area contributed by atoms with E-state index in [0.717, 1.165) is 25.7 Å². The zero-order chi connectivity index (χ0) is 10.4. The molecule has 1 aliphatic rings. The van der Waals surface area contributed by atoms with Crippen LogP contribution in [0.1, 0.15) is 32.6 Å². The maximum absolute atomic E-state index is 11.1.